The number of nitrogens with two attached hydrogens (primary N) is 1. The lowest BCUT2D eigenvalue weighted by atomic mass is 9.90. The number of nitrogens with zero attached hydrogens (tertiary/aromatic N) is 1. The van der Waals surface area contributed by atoms with Gasteiger partial charge in [0.25, 0.3) is 5.91 Å². The molecule has 0 bridgehead atoms. The number of benzene rings is 1. The average molecular weight is 248 g/mol. The molecule has 1 amide bonds. The zero-order valence-corrected chi connectivity index (χ0v) is 10.7. The van der Waals surface area contributed by atoms with Crippen LogP contribution in [-0.2, 0) is 6.42 Å². The molecule has 98 valence electrons. The second-order valence-electron chi connectivity index (χ2n) is 4.93. The number of hydrogen-bond donors (Lipinski definition) is 2. The number of aliphatic hydroxyl groups is 1. The van der Waals surface area contributed by atoms with Gasteiger partial charge in [0.1, 0.15) is 0 Å². The van der Waals surface area contributed by atoms with Gasteiger partial charge in [-0.15, -0.1) is 0 Å². The van der Waals surface area contributed by atoms with E-state index in [0.29, 0.717) is 38.0 Å². The van der Waals surface area contributed by atoms with Crippen molar-refractivity contribution in [2.24, 2.45) is 5.73 Å². The third-order valence-corrected chi connectivity index (χ3v) is 3.58. The first-order valence-corrected chi connectivity index (χ1v) is 6.39. The number of rotatable bonds is 4. The van der Waals surface area contributed by atoms with Crippen LogP contribution in [-0.4, -0.2) is 41.1 Å². The van der Waals surface area contributed by atoms with Crippen molar-refractivity contribution in [3.63, 3.8) is 0 Å². The molecule has 0 unspecified atom stereocenters. The van der Waals surface area contributed by atoms with Crippen molar-refractivity contribution in [1.29, 1.82) is 0 Å². The molecular formula is C14H20N2O2. The highest BCUT2D eigenvalue weighted by Gasteiger charge is 2.42. The Labute approximate surface area is 107 Å². The van der Waals surface area contributed by atoms with Crippen molar-refractivity contribution < 1.29 is 9.90 Å². The third kappa shape index (κ3) is 2.40. The molecule has 0 spiro atoms. The van der Waals surface area contributed by atoms with Crippen LogP contribution in [0.5, 0.6) is 0 Å². The molecule has 2 rings (SSSR count). The van der Waals surface area contributed by atoms with Gasteiger partial charge in [0, 0.05) is 5.56 Å². The second kappa shape index (κ2) is 5.08. The smallest absolute Gasteiger partial charge is 0.254 e. The molecule has 0 radical (unpaired) electrons. The minimum atomic E-state index is -0.682. The van der Waals surface area contributed by atoms with Crippen LogP contribution in [0, 0.1) is 0 Å². The Morgan fingerprint density at radius 3 is 2.72 bits per heavy atom. The number of amides is 1. The summed E-state index contributed by atoms with van der Waals surface area (Å²) in [7, 11) is 0. The summed E-state index contributed by atoms with van der Waals surface area (Å²) in [6.45, 7) is 3.33. The molecule has 1 aliphatic heterocycles. The average Bonchev–Trinajstić information content (AvgIpc) is 2.35. The molecule has 1 saturated heterocycles. The highest BCUT2D eigenvalue weighted by atomic mass is 16.3. The topological polar surface area (TPSA) is 66.6 Å². The quantitative estimate of drug-likeness (QED) is 0.827. The van der Waals surface area contributed by atoms with E-state index in [9.17, 15) is 9.90 Å². The summed E-state index contributed by atoms with van der Waals surface area (Å²) in [4.78, 5) is 14.0. The maximum Gasteiger partial charge on any atom is 0.254 e. The van der Waals surface area contributed by atoms with Crippen LogP contribution in [0.3, 0.4) is 0 Å². The van der Waals surface area contributed by atoms with Crippen LogP contribution in [0.2, 0.25) is 0 Å². The minimum Gasteiger partial charge on any atom is -0.386 e. The number of carbonyl (C=O) groups excluding carboxylic acids is 1. The van der Waals surface area contributed by atoms with Gasteiger partial charge in [0.15, 0.2) is 0 Å². The Bertz CT molecular complexity index is 439. The summed E-state index contributed by atoms with van der Waals surface area (Å²) in [6, 6.07) is 7.54. The van der Waals surface area contributed by atoms with Gasteiger partial charge in [-0.05, 0) is 31.0 Å². The fourth-order valence-corrected chi connectivity index (χ4v) is 2.30. The highest BCUT2D eigenvalue weighted by molar-refractivity contribution is 5.96. The van der Waals surface area contributed by atoms with E-state index in [1.54, 1.807) is 4.90 Å². The van der Waals surface area contributed by atoms with Crippen LogP contribution in [0.15, 0.2) is 24.3 Å². The standard InChI is InChI=1S/C14H20N2O2/c1-2-14(18)9-16(10-14)13(17)12-6-4-3-5-11(12)7-8-15/h3-6,18H,2,7-10,15H2,1H3. The lowest BCUT2D eigenvalue weighted by Crippen LogP contribution is -2.63. The van der Waals surface area contributed by atoms with Crippen molar-refractivity contribution >= 4 is 5.91 Å². The zero-order chi connectivity index (χ0) is 13.2. The van der Waals surface area contributed by atoms with E-state index in [1.807, 2.05) is 31.2 Å². The molecular weight excluding hydrogens is 228 g/mol. The number of hydrogen-bond acceptors (Lipinski definition) is 3. The van der Waals surface area contributed by atoms with Crippen LogP contribution < -0.4 is 5.73 Å². The molecule has 4 heteroatoms. The summed E-state index contributed by atoms with van der Waals surface area (Å²) < 4.78 is 0. The van der Waals surface area contributed by atoms with Crippen LogP contribution in [0.4, 0.5) is 0 Å². The molecule has 3 N–H and O–H groups in total. The predicted molar refractivity (Wildman–Crippen MR) is 70.3 cm³/mol. The van der Waals surface area contributed by atoms with Gasteiger partial charge in [0.05, 0.1) is 18.7 Å². The second-order valence-corrected chi connectivity index (χ2v) is 4.93. The number of β-amino-alcohol motifs (C(OH)–C–C–N with tert-alkyl or cyclic N) is 1. The van der Waals surface area contributed by atoms with E-state index in [1.165, 1.54) is 0 Å². The third-order valence-electron chi connectivity index (χ3n) is 3.58. The van der Waals surface area contributed by atoms with Crippen molar-refractivity contribution in [3.05, 3.63) is 35.4 Å². The van der Waals surface area contributed by atoms with E-state index in [2.05, 4.69) is 0 Å². The fourth-order valence-electron chi connectivity index (χ4n) is 2.30. The monoisotopic (exact) mass is 248 g/mol. The lowest BCUT2D eigenvalue weighted by Gasteiger charge is -2.46. The van der Waals surface area contributed by atoms with E-state index in [4.69, 9.17) is 5.73 Å². The van der Waals surface area contributed by atoms with Gasteiger partial charge >= 0.3 is 0 Å². The summed E-state index contributed by atoms with van der Waals surface area (Å²) in [6.07, 6.45) is 1.38. The minimum absolute atomic E-state index is 0.00262. The van der Waals surface area contributed by atoms with Gasteiger partial charge in [-0.3, -0.25) is 4.79 Å². The van der Waals surface area contributed by atoms with Gasteiger partial charge in [-0.1, -0.05) is 25.1 Å². The molecule has 0 aliphatic carbocycles. The van der Waals surface area contributed by atoms with Gasteiger partial charge < -0.3 is 15.7 Å². The first-order valence-electron chi connectivity index (χ1n) is 6.39. The fraction of sp³-hybridized carbons (Fsp3) is 0.500. The maximum atomic E-state index is 12.3. The number of carbonyl (C=O) groups is 1. The molecule has 1 aromatic carbocycles. The Morgan fingerprint density at radius 1 is 1.44 bits per heavy atom. The first-order chi connectivity index (χ1) is 8.59. The molecule has 18 heavy (non-hydrogen) atoms. The van der Waals surface area contributed by atoms with E-state index < -0.39 is 5.60 Å². The largest absolute Gasteiger partial charge is 0.386 e. The van der Waals surface area contributed by atoms with E-state index in [-0.39, 0.29) is 5.91 Å². The van der Waals surface area contributed by atoms with Gasteiger partial charge in [-0.25, -0.2) is 0 Å². The van der Waals surface area contributed by atoms with Gasteiger partial charge in [0.2, 0.25) is 0 Å². The molecule has 0 aromatic heterocycles. The summed E-state index contributed by atoms with van der Waals surface area (Å²) in [5, 5.41) is 9.94. The Morgan fingerprint density at radius 2 is 2.11 bits per heavy atom. The lowest BCUT2D eigenvalue weighted by molar-refractivity contribution is -0.0826. The maximum absolute atomic E-state index is 12.3. The Balaban J connectivity index is 2.11. The number of likely N-dealkylation sites (tertiary alicyclic amines) is 1. The highest BCUT2D eigenvalue weighted by Crippen LogP contribution is 2.26. The van der Waals surface area contributed by atoms with Crippen molar-refractivity contribution in [2.45, 2.75) is 25.4 Å². The molecule has 1 heterocycles. The molecule has 0 saturated carbocycles. The predicted octanol–water partition coefficient (Wildman–Crippen LogP) is 0.785. The summed E-state index contributed by atoms with van der Waals surface area (Å²) in [5.41, 5.74) is 6.56. The van der Waals surface area contributed by atoms with E-state index in [0.717, 1.165) is 5.56 Å². The van der Waals surface area contributed by atoms with Crippen molar-refractivity contribution in [3.8, 4) is 0 Å². The van der Waals surface area contributed by atoms with Gasteiger partial charge in [-0.2, -0.15) is 0 Å². The van der Waals surface area contributed by atoms with Crippen LogP contribution in [0.1, 0.15) is 29.3 Å². The molecule has 1 fully saturated rings. The van der Waals surface area contributed by atoms with Crippen molar-refractivity contribution in [2.75, 3.05) is 19.6 Å². The van der Waals surface area contributed by atoms with E-state index >= 15 is 0 Å². The Hall–Kier alpha value is -1.39. The molecule has 1 aromatic rings. The van der Waals surface area contributed by atoms with Crippen LogP contribution in [0.25, 0.3) is 0 Å². The SMILES string of the molecule is CCC1(O)CN(C(=O)c2ccccc2CCN)C1. The normalized spacial score (nSPS) is 17.4. The molecule has 1 aliphatic rings. The molecule has 4 nitrogen and oxygen atoms in total. The molecule has 0 atom stereocenters. The zero-order valence-electron chi connectivity index (χ0n) is 10.7. The Kier molecular flexibility index (Phi) is 3.68. The van der Waals surface area contributed by atoms with Crippen molar-refractivity contribution in [1.82, 2.24) is 4.90 Å². The first kappa shape index (κ1) is 13.1. The van der Waals surface area contributed by atoms with Crippen LogP contribution >= 0.6 is 0 Å². The summed E-state index contributed by atoms with van der Waals surface area (Å²) >= 11 is 0. The summed E-state index contributed by atoms with van der Waals surface area (Å²) in [5.74, 6) is -0.00262.